The van der Waals surface area contributed by atoms with Gasteiger partial charge in [-0.2, -0.15) is 0 Å². The third-order valence-electron chi connectivity index (χ3n) is 3.20. The Bertz CT molecular complexity index is 630. The summed E-state index contributed by atoms with van der Waals surface area (Å²) in [5.41, 5.74) is 2.91. The third kappa shape index (κ3) is 3.82. The molecule has 0 unspecified atom stereocenters. The number of hydrogen-bond acceptors (Lipinski definition) is 4. The maximum Gasteiger partial charge on any atom is 0.124 e. The van der Waals surface area contributed by atoms with E-state index in [1.807, 2.05) is 49.3 Å². The maximum absolute atomic E-state index is 9.99. The molecule has 112 valence electrons. The summed E-state index contributed by atoms with van der Waals surface area (Å²) in [6.07, 6.45) is 0. The van der Waals surface area contributed by atoms with Gasteiger partial charge in [0.15, 0.2) is 0 Å². The topological polar surface area (TPSA) is 44.7 Å². The average Bonchev–Trinajstić information content (AvgIpc) is 2.45. The van der Waals surface area contributed by atoms with Crippen molar-refractivity contribution in [3.8, 4) is 11.5 Å². The molecule has 0 saturated carbocycles. The summed E-state index contributed by atoms with van der Waals surface area (Å²) in [5.74, 6) is 0.871. The van der Waals surface area contributed by atoms with Crippen LogP contribution in [0.25, 0.3) is 0 Å². The first-order valence-electron chi connectivity index (χ1n) is 6.58. The second-order valence-electron chi connectivity index (χ2n) is 4.90. The molecule has 0 aliphatic heterocycles. The zero-order chi connectivity index (χ0) is 15.4. The van der Waals surface area contributed by atoms with E-state index < -0.39 is 0 Å². The molecule has 2 aromatic rings. The summed E-state index contributed by atoms with van der Waals surface area (Å²) in [7, 11) is 5.58. The zero-order valence-electron chi connectivity index (χ0n) is 12.4. The van der Waals surface area contributed by atoms with Gasteiger partial charge in [-0.25, -0.2) is 0 Å². The number of aromatic hydroxyl groups is 1. The molecule has 2 aromatic carbocycles. The fourth-order valence-corrected chi connectivity index (χ4v) is 2.41. The fraction of sp³-hybridized carbons (Fsp3) is 0.250. The Balaban J connectivity index is 2.18. The van der Waals surface area contributed by atoms with Crippen LogP contribution in [0.4, 0.5) is 11.4 Å². The molecule has 0 spiro atoms. The highest BCUT2D eigenvalue weighted by atomic mass is 79.9. The molecule has 2 rings (SSSR count). The molecule has 0 aromatic heterocycles. The van der Waals surface area contributed by atoms with Crippen molar-refractivity contribution in [3.05, 3.63) is 46.4 Å². The van der Waals surface area contributed by atoms with Gasteiger partial charge >= 0.3 is 0 Å². The van der Waals surface area contributed by atoms with Crippen molar-refractivity contribution in [2.45, 2.75) is 6.54 Å². The Morgan fingerprint density at radius 1 is 1.19 bits per heavy atom. The number of hydrogen-bond donors (Lipinski definition) is 2. The molecule has 0 radical (unpaired) electrons. The van der Waals surface area contributed by atoms with Crippen molar-refractivity contribution in [2.24, 2.45) is 0 Å². The van der Waals surface area contributed by atoms with E-state index in [1.54, 1.807) is 13.2 Å². The van der Waals surface area contributed by atoms with Crippen LogP contribution in [0, 0.1) is 0 Å². The average molecular weight is 351 g/mol. The van der Waals surface area contributed by atoms with Crippen LogP contribution < -0.4 is 15.0 Å². The number of halogens is 1. The van der Waals surface area contributed by atoms with Crippen LogP contribution in [-0.4, -0.2) is 26.3 Å². The van der Waals surface area contributed by atoms with Crippen molar-refractivity contribution < 1.29 is 9.84 Å². The number of anilines is 2. The molecule has 0 fully saturated rings. The van der Waals surface area contributed by atoms with Crippen LogP contribution in [-0.2, 0) is 6.54 Å². The standard InChI is InChI=1S/C16H19BrN2O2/c1-19(2)15-7-5-12(17)8-14(15)18-10-11-4-6-13(21-3)9-16(11)20/h4-9,18,20H,10H2,1-3H3. The number of phenols is 1. The van der Waals surface area contributed by atoms with Crippen LogP contribution in [0.15, 0.2) is 40.9 Å². The largest absolute Gasteiger partial charge is 0.507 e. The van der Waals surface area contributed by atoms with Crippen LogP contribution in [0.1, 0.15) is 5.56 Å². The van der Waals surface area contributed by atoms with E-state index >= 15 is 0 Å². The lowest BCUT2D eigenvalue weighted by molar-refractivity contribution is 0.406. The highest BCUT2D eigenvalue weighted by Crippen LogP contribution is 2.30. The molecule has 0 saturated heterocycles. The predicted molar refractivity (Wildman–Crippen MR) is 90.5 cm³/mol. The van der Waals surface area contributed by atoms with E-state index in [0.717, 1.165) is 21.4 Å². The molecule has 0 aliphatic rings. The molecule has 0 bridgehead atoms. The summed E-state index contributed by atoms with van der Waals surface area (Å²) in [4.78, 5) is 2.04. The van der Waals surface area contributed by atoms with Crippen LogP contribution in [0.3, 0.4) is 0 Å². The van der Waals surface area contributed by atoms with E-state index in [-0.39, 0.29) is 5.75 Å². The molecule has 21 heavy (non-hydrogen) atoms. The Morgan fingerprint density at radius 2 is 1.95 bits per heavy atom. The Morgan fingerprint density at radius 3 is 2.57 bits per heavy atom. The van der Waals surface area contributed by atoms with Crippen LogP contribution >= 0.6 is 15.9 Å². The van der Waals surface area contributed by atoms with E-state index in [2.05, 4.69) is 21.2 Å². The number of phenolic OH excluding ortho intramolecular Hbond substituents is 1. The van der Waals surface area contributed by atoms with Crippen LogP contribution in [0.5, 0.6) is 11.5 Å². The van der Waals surface area contributed by atoms with Gasteiger partial charge in [0.2, 0.25) is 0 Å². The van der Waals surface area contributed by atoms with Gasteiger partial charge in [0.05, 0.1) is 18.5 Å². The minimum atomic E-state index is 0.225. The van der Waals surface area contributed by atoms with Gasteiger partial charge in [-0.05, 0) is 30.3 Å². The van der Waals surface area contributed by atoms with Crippen LogP contribution in [0.2, 0.25) is 0 Å². The lowest BCUT2D eigenvalue weighted by Gasteiger charge is -2.19. The number of nitrogens with zero attached hydrogens (tertiary/aromatic N) is 1. The highest BCUT2D eigenvalue weighted by Gasteiger charge is 2.07. The van der Waals surface area contributed by atoms with Gasteiger partial charge in [0.25, 0.3) is 0 Å². The van der Waals surface area contributed by atoms with E-state index in [1.165, 1.54) is 0 Å². The molecule has 2 N–H and O–H groups in total. The molecule has 0 aliphatic carbocycles. The van der Waals surface area contributed by atoms with Crippen molar-refractivity contribution in [1.29, 1.82) is 0 Å². The SMILES string of the molecule is COc1ccc(CNc2cc(Br)ccc2N(C)C)c(O)c1. The molecule has 0 amide bonds. The van der Waals surface area contributed by atoms with Crippen molar-refractivity contribution in [2.75, 3.05) is 31.4 Å². The first-order valence-corrected chi connectivity index (χ1v) is 7.37. The van der Waals surface area contributed by atoms with Gasteiger partial charge in [0.1, 0.15) is 11.5 Å². The van der Waals surface area contributed by atoms with Gasteiger partial charge in [0, 0.05) is 36.7 Å². The first kappa shape index (κ1) is 15.5. The highest BCUT2D eigenvalue weighted by molar-refractivity contribution is 9.10. The number of ether oxygens (including phenoxy) is 1. The molecule has 5 heteroatoms. The molecule has 4 nitrogen and oxygen atoms in total. The summed E-state index contributed by atoms with van der Waals surface area (Å²) in [6, 6.07) is 11.4. The monoisotopic (exact) mass is 350 g/mol. The smallest absolute Gasteiger partial charge is 0.124 e. The lowest BCUT2D eigenvalue weighted by atomic mass is 10.1. The Labute approximate surface area is 133 Å². The quantitative estimate of drug-likeness (QED) is 0.859. The Kier molecular flexibility index (Phi) is 4.96. The summed E-state index contributed by atoms with van der Waals surface area (Å²) in [5, 5.41) is 13.4. The summed E-state index contributed by atoms with van der Waals surface area (Å²) in [6.45, 7) is 0.535. The zero-order valence-corrected chi connectivity index (χ0v) is 13.9. The number of methoxy groups -OCH3 is 1. The normalized spacial score (nSPS) is 10.3. The Hall–Kier alpha value is -1.88. The van der Waals surface area contributed by atoms with Crippen molar-refractivity contribution in [3.63, 3.8) is 0 Å². The van der Waals surface area contributed by atoms with Gasteiger partial charge < -0.3 is 20.1 Å². The minimum absolute atomic E-state index is 0.225. The minimum Gasteiger partial charge on any atom is -0.507 e. The number of nitrogens with one attached hydrogen (secondary N) is 1. The number of rotatable bonds is 5. The number of benzene rings is 2. The fourth-order valence-electron chi connectivity index (χ4n) is 2.05. The van der Waals surface area contributed by atoms with E-state index in [4.69, 9.17) is 4.74 Å². The van der Waals surface area contributed by atoms with Gasteiger partial charge in [-0.3, -0.25) is 0 Å². The lowest BCUT2D eigenvalue weighted by Crippen LogP contribution is -2.12. The van der Waals surface area contributed by atoms with E-state index in [0.29, 0.717) is 12.3 Å². The second-order valence-corrected chi connectivity index (χ2v) is 5.82. The molecule has 0 heterocycles. The first-order chi connectivity index (χ1) is 10.0. The third-order valence-corrected chi connectivity index (χ3v) is 3.70. The van der Waals surface area contributed by atoms with Crippen molar-refractivity contribution >= 4 is 27.3 Å². The van der Waals surface area contributed by atoms with Gasteiger partial charge in [-0.15, -0.1) is 0 Å². The summed E-state index contributed by atoms with van der Waals surface area (Å²) >= 11 is 3.48. The predicted octanol–water partition coefficient (Wildman–Crippen LogP) is 3.84. The summed E-state index contributed by atoms with van der Waals surface area (Å²) < 4.78 is 6.09. The van der Waals surface area contributed by atoms with Gasteiger partial charge in [-0.1, -0.05) is 15.9 Å². The second kappa shape index (κ2) is 6.72. The van der Waals surface area contributed by atoms with E-state index in [9.17, 15) is 5.11 Å². The molecule has 0 atom stereocenters. The van der Waals surface area contributed by atoms with Crippen molar-refractivity contribution in [1.82, 2.24) is 0 Å². The molecular weight excluding hydrogens is 332 g/mol. The maximum atomic E-state index is 9.99. The molecular formula is C16H19BrN2O2.